The van der Waals surface area contributed by atoms with E-state index in [9.17, 15) is 0 Å². The molecule has 0 saturated heterocycles. The van der Waals surface area contributed by atoms with Gasteiger partial charge in [0.1, 0.15) is 5.52 Å². The number of rotatable bonds is 1. The maximum Gasteiger partial charge on any atom is 0.108 e. The molecule has 3 aromatic rings. The van der Waals surface area contributed by atoms with Crippen LogP contribution in [0.2, 0.25) is 10.0 Å². The van der Waals surface area contributed by atoms with Crippen LogP contribution < -0.4 is 0 Å². The number of hydrogen-bond acceptors (Lipinski definition) is 2. The van der Waals surface area contributed by atoms with E-state index in [0.717, 1.165) is 22.5 Å². The Labute approximate surface area is 121 Å². The van der Waals surface area contributed by atoms with Crippen molar-refractivity contribution in [2.75, 3.05) is 0 Å². The van der Waals surface area contributed by atoms with E-state index in [1.54, 1.807) is 0 Å². The maximum absolute atomic E-state index is 6.22. The molecule has 0 amide bonds. The summed E-state index contributed by atoms with van der Waals surface area (Å²) >= 11 is 12.4. The zero-order valence-electron chi connectivity index (χ0n) is 10.2. The molecular formula is C15H10Cl2N2. The molecule has 1 aromatic heterocycles. The normalized spacial score (nSPS) is 10.9. The smallest absolute Gasteiger partial charge is 0.108 e. The number of fused-ring (bicyclic) bond motifs is 1. The van der Waals surface area contributed by atoms with Gasteiger partial charge in [-0.25, -0.2) is 9.97 Å². The van der Waals surface area contributed by atoms with E-state index in [0.29, 0.717) is 15.6 Å². The summed E-state index contributed by atoms with van der Waals surface area (Å²) in [6, 6.07) is 13.2. The number of hydrogen-bond donors (Lipinski definition) is 0. The van der Waals surface area contributed by atoms with Gasteiger partial charge in [-0.2, -0.15) is 0 Å². The molecular weight excluding hydrogens is 279 g/mol. The molecule has 1 heterocycles. The fraction of sp³-hybridized carbons (Fsp3) is 0.0667. The van der Waals surface area contributed by atoms with Crippen LogP contribution in [0.3, 0.4) is 0 Å². The van der Waals surface area contributed by atoms with Crippen LogP contribution in [-0.2, 0) is 0 Å². The Morgan fingerprint density at radius 3 is 2.37 bits per heavy atom. The highest BCUT2D eigenvalue weighted by atomic mass is 35.5. The van der Waals surface area contributed by atoms with Crippen LogP contribution in [0.25, 0.3) is 22.3 Å². The van der Waals surface area contributed by atoms with E-state index in [-0.39, 0.29) is 0 Å². The van der Waals surface area contributed by atoms with E-state index in [2.05, 4.69) is 9.97 Å². The maximum atomic E-state index is 6.22. The van der Waals surface area contributed by atoms with Gasteiger partial charge in [0.25, 0.3) is 0 Å². The SMILES string of the molecule is Cc1nc2cccc(Cl)c2nc1-c1ccccc1Cl. The van der Waals surface area contributed by atoms with Crippen molar-refractivity contribution in [2.24, 2.45) is 0 Å². The molecule has 0 radical (unpaired) electrons. The predicted octanol–water partition coefficient (Wildman–Crippen LogP) is 4.91. The Balaban J connectivity index is 2.33. The van der Waals surface area contributed by atoms with Gasteiger partial charge in [0.05, 0.1) is 26.9 Å². The van der Waals surface area contributed by atoms with E-state index in [4.69, 9.17) is 23.2 Å². The van der Waals surface area contributed by atoms with Crippen molar-refractivity contribution in [2.45, 2.75) is 6.92 Å². The van der Waals surface area contributed by atoms with Crippen molar-refractivity contribution in [1.82, 2.24) is 9.97 Å². The standard InChI is InChI=1S/C15H10Cl2N2/c1-9-14(10-5-2-3-6-11(10)16)19-15-12(17)7-4-8-13(15)18-9/h2-8H,1H3. The third kappa shape index (κ3) is 2.18. The minimum atomic E-state index is 0.596. The average molecular weight is 289 g/mol. The van der Waals surface area contributed by atoms with Gasteiger partial charge in [-0.15, -0.1) is 0 Å². The summed E-state index contributed by atoms with van der Waals surface area (Å²) in [4.78, 5) is 9.17. The molecule has 0 bridgehead atoms. The van der Waals surface area contributed by atoms with Gasteiger partial charge in [-0.05, 0) is 25.1 Å². The Morgan fingerprint density at radius 2 is 1.58 bits per heavy atom. The molecule has 0 aliphatic carbocycles. The lowest BCUT2D eigenvalue weighted by Crippen LogP contribution is -1.95. The summed E-state index contributed by atoms with van der Waals surface area (Å²) in [5.41, 5.74) is 3.97. The minimum Gasteiger partial charge on any atom is -0.249 e. The summed E-state index contributed by atoms with van der Waals surface area (Å²) in [7, 11) is 0. The van der Waals surface area contributed by atoms with Gasteiger partial charge >= 0.3 is 0 Å². The van der Waals surface area contributed by atoms with E-state index < -0.39 is 0 Å². The minimum absolute atomic E-state index is 0.596. The Morgan fingerprint density at radius 1 is 0.842 bits per heavy atom. The zero-order valence-corrected chi connectivity index (χ0v) is 11.7. The van der Waals surface area contributed by atoms with Crippen LogP contribution in [0, 0.1) is 6.92 Å². The number of para-hydroxylation sites is 1. The summed E-state index contributed by atoms with van der Waals surface area (Å²) in [6.07, 6.45) is 0. The molecule has 0 saturated carbocycles. The van der Waals surface area contributed by atoms with Crippen LogP contribution in [-0.4, -0.2) is 9.97 Å². The van der Waals surface area contributed by atoms with Crippen molar-refractivity contribution in [3.05, 3.63) is 58.2 Å². The first-order valence-corrected chi connectivity index (χ1v) is 6.60. The van der Waals surface area contributed by atoms with Crippen molar-refractivity contribution in [1.29, 1.82) is 0 Å². The quantitative estimate of drug-likeness (QED) is 0.636. The van der Waals surface area contributed by atoms with Crippen LogP contribution in [0.15, 0.2) is 42.5 Å². The van der Waals surface area contributed by atoms with Crippen molar-refractivity contribution >= 4 is 34.2 Å². The van der Waals surface area contributed by atoms with Crippen LogP contribution in [0.4, 0.5) is 0 Å². The molecule has 3 rings (SSSR count). The highest BCUT2D eigenvalue weighted by molar-refractivity contribution is 6.35. The number of aromatic nitrogens is 2. The monoisotopic (exact) mass is 288 g/mol. The van der Waals surface area contributed by atoms with E-state index in [1.165, 1.54) is 0 Å². The lowest BCUT2D eigenvalue weighted by atomic mass is 10.1. The number of halogens is 2. The van der Waals surface area contributed by atoms with E-state index >= 15 is 0 Å². The molecule has 2 aromatic carbocycles. The molecule has 0 aliphatic heterocycles. The second kappa shape index (κ2) is 4.80. The molecule has 0 unspecified atom stereocenters. The third-order valence-corrected chi connectivity index (χ3v) is 3.58. The number of benzene rings is 2. The van der Waals surface area contributed by atoms with Gasteiger partial charge in [0, 0.05) is 5.56 Å². The van der Waals surface area contributed by atoms with Crippen LogP contribution in [0.1, 0.15) is 5.69 Å². The van der Waals surface area contributed by atoms with Crippen molar-refractivity contribution in [3.8, 4) is 11.3 Å². The fourth-order valence-corrected chi connectivity index (χ4v) is 2.48. The molecule has 2 nitrogen and oxygen atoms in total. The third-order valence-electron chi connectivity index (χ3n) is 2.95. The van der Waals surface area contributed by atoms with Gasteiger partial charge in [0.2, 0.25) is 0 Å². The Hall–Kier alpha value is -1.64. The van der Waals surface area contributed by atoms with Gasteiger partial charge in [0.15, 0.2) is 0 Å². The van der Waals surface area contributed by atoms with Gasteiger partial charge in [-0.1, -0.05) is 47.5 Å². The summed E-state index contributed by atoms with van der Waals surface area (Å²) in [6.45, 7) is 1.92. The molecule has 4 heteroatoms. The second-order valence-electron chi connectivity index (χ2n) is 4.25. The second-order valence-corrected chi connectivity index (χ2v) is 5.06. The molecule has 19 heavy (non-hydrogen) atoms. The Bertz CT molecular complexity index is 769. The molecule has 0 fully saturated rings. The number of nitrogens with zero attached hydrogens (tertiary/aromatic N) is 2. The zero-order chi connectivity index (χ0) is 13.4. The fourth-order valence-electron chi connectivity index (χ4n) is 2.04. The lowest BCUT2D eigenvalue weighted by Gasteiger charge is -2.09. The van der Waals surface area contributed by atoms with Crippen LogP contribution >= 0.6 is 23.2 Å². The van der Waals surface area contributed by atoms with Gasteiger partial charge in [-0.3, -0.25) is 0 Å². The first kappa shape index (κ1) is 12.4. The lowest BCUT2D eigenvalue weighted by molar-refractivity contribution is 1.19. The molecule has 0 N–H and O–H groups in total. The highest BCUT2D eigenvalue weighted by Gasteiger charge is 2.11. The summed E-state index contributed by atoms with van der Waals surface area (Å²) < 4.78 is 0. The van der Waals surface area contributed by atoms with E-state index in [1.807, 2.05) is 49.4 Å². The molecule has 0 atom stereocenters. The van der Waals surface area contributed by atoms with Gasteiger partial charge < -0.3 is 0 Å². The van der Waals surface area contributed by atoms with Crippen LogP contribution in [0.5, 0.6) is 0 Å². The van der Waals surface area contributed by atoms with Crippen molar-refractivity contribution in [3.63, 3.8) is 0 Å². The molecule has 0 spiro atoms. The summed E-state index contributed by atoms with van der Waals surface area (Å²) in [5.74, 6) is 0. The highest BCUT2D eigenvalue weighted by Crippen LogP contribution is 2.30. The molecule has 94 valence electrons. The summed E-state index contributed by atoms with van der Waals surface area (Å²) in [5, 5.41) is 1.25. The first-order valence-electron chi connectivity index (χ1n) is 5.84. The average Bonchev–Trinajstić information content (AvgIpc) is 2.39. The predicted molar refractivity (Wildman–Crippen MR) is 79.7 cm³/mol. The molecule has 0 aliphatic rings. The first-order chi connectivity index (χ1) is 9.16. The van der Waals surface area contributed by atoms with Crippen molar-refractivity contribution < 1.29 is 0 Å². The Kier molecular flexibility index (Phi) is 3.13. The topological polar surface area (TPSA) is 25.8 Å². The number of aryl methyl sites for hydroxylation is 1. The largest absolute Gasteiger partial charge is 0.249 e.